The van der Waals surface area contributed by atoms with Crippen LogP contribution in [-0.2, 0) is 0 Å². The first-order valence-corrected chi connectivity index (χ1v) is 8.49. The third kappa shape index (κ3) is 3.53. The predicted octanol–water partition coefficient (Wildman–Crippen LogP) is 5.09. The number of aromatic nitrogens is 2. The molecule has 3 aromatic carbocycles. The van der Waals surface area contributed by atoms with Crippen LogP contribution < -0.4 is 9.47 Å². The molecule has 0 atom stereocenters. The lowest BCUT2D eigenvalue weighted by Gasteiger charge is -2.04. The monoisotopic (exact) mass is 358 g/mol. The second-order valence-corrected chi connectivity index (χ2v) is 5.95. The van der Waals surface area contributed by atoms with Gasteiger partial charge in [0, 0.05) is 11.1 Å². The fourth-order valence-corrected chi connectivity index (χ4v) is 2.78. The summed E-state index contributed by atoms with van der Waals surface area (Å²) in [6, 6.07) is 23.5. The van der Waals surface area contributed by atoms with Crippen LogP contribution in [0.25, 0.3) is 34.0 Å². The minimum atomic E-state index is 0.479. The number of methoxy groups -OCH3 is 2. The van der Waals surface area contributed by atoms with Gasteiger partial charge >= 0.3 is 0 Å². The topological polar surface area (TPSA) is 57.4 Å². The van der Waals surface area contributed by atoms with Gasteiger partial charge in [0.1, 0.15) is 11.5 Å². The highest BCUT2D eigenvalue weighted by molar-refractivity contribution is 5.68. The molecule has 5 nitrogen and oxygen atoms in total. The van der Waals surface area contributed by atoms with Crippen LogP contribution in [0.4, 0.5) is 0 Å². The number of rotatable bonds is 5. The van der Waals surface area contributed by atoms with E-state index in [-0.39, 0.29) is 0 Å². The molecular formula is C22H18N2O3. The number of nitrogens with zero attached hydrogens (tertiary/aromatic N) is 2. The summed E-state index contributed by atoms with van der Waals surface area (Å²) in [7, 11) is 3.30. The Balaban J connectivity index is 1.56. The number of hydrogen-bond acceptors (Lipinski definition) is 5. The molecular weight excluding hydrogens is 340 g/mol. The van der Waals surface area contributed by atoms with Gasteiger partial charge in [-0.15, -0.1) is 10.2 Å². The van der Waals surface area contributed by atoms with Gasteiger partial charge < -0.3 is 13.9 Å². The van der Waals surface area contributed by atoms with E-state index < -0.39 is 0 Å². The second kappa shape index (κ2) is 7.33. The van der Waals surface area contributed by atoms with E-state index in [9.17, 15) is 0 Å². The Kier molecular flexibility index (Phi) is 4.58. The van der Waals surface area contributed by atoms with Crippen molar-refractivity contribution in [2.75, 3.05) is 14.2 Å². The van der Waals surface area contributed by atoms with Crippen LogP contribution in [0.3, 0.4) is 0 Å². The molecule has 27 heavy (non-hydrogen) atoms. The molecule has 0 aliphatic rings. The first-order chi connectivity index (χ1) is 13.3. The summed E-state index contributed by atoms with van der Waals surface area (Å²) in [4.78, 5) is 0. The molecule has 0 saturated heterocycles. The van der Waals surface area contributed by atoms with Gasteiger partial charge in [-0.05, 0) is 59.7 Å². The van der Waals surface area contributed by atoms with Gasteiger partial charge in [0.15, 0.2) is 0 Å². The van der Waals surface area contributed by atoms with Crippen molar-refractivity contribution in [1.82, 2.24) is 10.2 Å². The van der Waals surface area contributed by atoms with Gasteiger partial charge in [0.05, 0.1) is 14.2 Å². The predicted molar refractivity (Wildman–Crippen MR) is 104 cm³/mol. The second-order valence-electron chi connectivity index (χ2n) is 5.95. The third-order valence-electron chi connectivity index (χ3n) is 4.32. The Morgan fingerprint density at radius 2 is 0.852 bits per heavy atom. The highest BCUT2D eigenvalue weighted by Gasteiger charge is 2.11. The SMILES string of the molecule is COc1ccc(-c2ccc(-c3nnc(-c4ccc(OC)cc4)o3)cc2)cc1. The fraction of sp³-hybridized carbons (Fsp3) is 0.0909. The normalized spacial score (nSPS) is 10.6. The van der Waals surface area contributed by atoms with Crippen molar-refractivity contribution in [2.45, 2.75) is 0 Å². The van der Waals surface area contributed by atoms with Crippen LogP contribution >= 0.6 is 0 Å². The Morgan fingerprint density at radius 1 is 0.519 bits per heavy atom. The van der Waals surface area contributed by atoms with E-state index >= 15 is 0 Å². The summed E-state index contributed by atoms with van der Waals surface area (Å²) >= 11 is 0. The third-order valence-corrected chi connectivity index (χ3v) is 4.32. The molecule has 0 amide bonds. The van der Waals surface area contributed by atoms with E-state index in [2.05, 4.69) is 10.2 Å². The molecule has 1 heterocycles. The maximum atomic E-state index is 5.83. The van der Waals surface area contributed by atoms with Crippen molar-refractivity contribution in [1.29, 1.82) is 0 Å². The van der Waals surface area contributed by atoms with Crippen LogP contribution in [0.5, 0.6) is 11.5 Å². The van der Waals surface area contributed by atoms with Crippen LogP contribution in [-0.4, -0.2) is 24.4 Å². The lowest BCUT2D eigenvalue weighted by molar-refractivity contribution is 0.414. The van der Waals surface area contributed by atoms with E-state index in [0.29, 0.717) is 11.8 Å². The van der Waals surface area contributed by atoms with Gasteiger partial charge in [0.2, 0.25) is 11.8 Å². The minimum absolute atomic E-state index is 0.479. The van der Waals surface area contributed by atoms with Crippen LogP contribution in [0, 0.1) is 0 Å². The maximum Gasteiger partial charge on any atom is 0.248 e. The van der Waals surface area contributed by atoms with Crippen molar-refractivity contribution in [2.24, 2.45) is 0 Å². The van der Waals surface area contributed by atoms with E-state index in [1.54, 1.807) is 14.2 Å². The lowest BCUT2D eigenvalue weighted by atomic mass is 10.0. The highest BCUT2D eigenvalue weighted by Crippen LogP contribution is 2.28. The lowest BCUT2D eigenvalue weighted by Crippen LogP contribution is -1.83. The quantitative estimate of drug-likeness (QED) is 0.497. The first kappa shape index (κ1) is 16.8. The van der Waals surface area contributed by atoms with Crippen LogP contribution in [0.1, 0.15) is 0 Å². The molecule has 0 fully saturated rings. The number of ether oxygens (including phenoxy) is 2. The van der Waals surface area contributed by atoms with Crippen molar-refractivity contribution < 1.29 is 13.9 Å². The van der Waals surface area contributed by atoms with Crippen molar-refractivity contribution in [3.8, 4) is 45.5 Å². The van der Waals surface area contributed by atoms with Gasteiger partial charge in [-0.2, -0.15) is 0 Å². The molecule has 5 heteroatoms. The molecule has 0 aliphatic carbocycles. The fourth-order valence-electron chi connectivity index (χ4n) is 2.78. The standard InChI is InChI=1S/C22H18N2O3/c1-25-19-11-7-16(8-12-19)15-3-5-17(6-4-15)21-23-24-22(27-21)18-9-13-20(26-2)14-10-18/h3-14H,1-2H3. The summed E-state index contributed by atoms with van der Waals surface area (Å²) in [5, 5.41) is 8.31. The van der Waals surface area contributed by atoms with Gasteiger partial charge in [-0.1, -0.05) is 24.3 Å². The molecule has 0 aliphatic heterocycles. The van der Waals surface area contributed by atoms with E-state index in [0.717, 1.165) is 33.8 Å². The van der Waals surface area contributed by atoms with E-state index in [1.807, 2.05) is 72.8 Å². The van der Waals surface area contributed by atoms with E-state index in [1.165, 1.54) is 0 Å². The Morgan fingerprint density at radius 3 is 1.26 bits per heavy atom. The van der Waals surface area contributed by atoms with Crippen LogP contribution in [0.2, 0.25) is 0 Å². The van der Waals surface area contributed by atoms with Crippen molar-refractivity contribution in [3.63, 3.8) is 0 Å². The summed E-state index contributed by atoms with van der Waals surface area (Å²) < 4.78 is 16.2. The smallest absolute Gasteiger partial charge is 0.248 e. The molecule has 0 N–H and O–H groups in total. The Hall–Kier alpha value is -3.60. The molecule has 4 aromatic rings. The molecule has 4 rings (SSSR count). The molecule has 0 spiro atoms. The van der Waals surface area contributed by atoms with Crippen LogP contribution in [0.15, 0.2) is 77.2 Å². The average Bonchev–Trinajstić information content (AvgIpc) is 3.24. The summed E-state index contributed by atoms with van der Waals surface area (Å²) in [5.74, 6) is 2.59. The molecule has 0 radical (unpaired) electrons. The number of benzene rings is 3. The molecule has 1 aromatic heterocycles. The molecule has 0 unspecified atom stereocenters. The van der Waals surface area contributed by atoms with Gasteiger partial charge in [0.25, 0.3) is 0 Å². The first-order valence-electron chi connectivity index (χ1n) is 8.49. The molecule has 0 bridgehead atoms. The van der Waals surface area contributed by atoms with Gasteiger partial charge in [-0.25, -0.2) is 0 Å². The zero-order chi connectivity index (χ0) is 18.6. The summed E-state index contributed by atoms with van der Waals surface area (Å²) in [6.07, 6.45) is 0. The Bertz CT molecular complexity index is 1020. The Labute approximate surface area is 157 Å². The summed E-state index contributed by atoms with van der Waals surface area (Å²) in [5.41, 5.74) is 3.95. The average molecular weight is 358 g/mol. The summed E-state index contributed by atoms with van der Waals surface area (Å²) in [6.45, 7) is 0. The minimum Gasteiger partial charge on any atom is -0.497 e. The largest absolute Gasteiger partial charge is 0.497 e. The molecule has 0 saturated carbocycles. The maximum absolute atomic E-state index is 5.83. The van der Waals surface area contributed by atoms with Gasteiger partial charge in [-0.3, -0.25) is 0 Å². The molecule has 134 valence electrons. The van der Waals surface area contributed by atoms with Crippen molar-refractivity contribution >= 4 is 0 Å². The zero-order valence-electron chi connectivity index (χ0n) is 15.0. The van der Waals surface area contributed by atoms with Crippen molar-refractivity contribution in [3.05, 3.63) is 72.8 Å². The van der Waals surface area contributed by atoms with E-state index in [4.69, 9.17) is 13.9 Å². The highest BCUT2D eigenvalue weighted by atomic mass is 16.5. The number of hydrogen-bond donors (Lipinski definition) is 0. The zero-order valence-corrected chi connectivity index (χ0v) is 15.0.